The average molecular weight is 335 g/mol. The molecular formula is C21H25N3O. The van der Waals surface area contributed by atoms with Crippen molar-refractivity contribution < 1.29 is 4.79 Å². The zero-order valence-electron chi connectivity index (χ0n) is 15.5. The molecule has 0 amide bonds. The molecule has 0 saturated heterocycles. The number of aryl methyl sites for hydroxylation is 1. The number of benzene rings is 2. The van der Waals surface area contributed by atoms with Gasteiger partial charge in [0, 0.05) is 5.56 Å². The minimum absolute atomic E-state index is 0.147. The predicted molar refractivity (Wildman–Crippen MR) is 106 cm³/mol. The lowest BCUT2D eigenvalue weighted by atomic mass is 10.0. The van der Waals surface area contributed by atoms with Gasteiger partial charge in [-0.15, -0.1) is 0 Å². The Hall–Kier alpha value is -2.75. The van der Waals surface area contributed by atoms with E-state index in [1.54, 1.807) is 12.1 Å². The van der Waals surface area contributed by atoms with Crippen LogP contribution < -0.4 is 5.43 Å². The van der Waals surface area contributed by atoms with Crippen LogP contribution in [0, 0.1) is 6.92 Å². The summed E-state index contributed by atoms with van der Waals surface area (Å²) in [6, 6.07) is 17.0. The van der Waals surface area contributed by atoms with E-state index in [9.17, 15) is 4.79 Å². The Balaban J connectivity index is 2.37. The SMILES string of the molecule is CC(=NC(C)(C)C)/C(=N/Nc1ccc(C)cc1)C(=O)c1ccccc1. The molecule has 0 aliphatic rings. The molecule has 4 nitrogen and oxygen atoms in total. The van der Waals surface area contributed by atoms with Crippen molar-refractivity contribution in [1.82, 2.24) is 0 Å². The Morgan fingerprint density at radius 2 is 1.56 bits per heavy atom. The van der Waals surface area contributed by atoms with Crippen LogP contribution in [0.5, 0.6) is 0 Å². The molecule has 0 saturated carbocycles. The molecule has 0 atom stereocenters. The summed E-state index contributed by atoms with van der Waals surface area (Å²) in [5, 5.41) is 4.37. The number of nitrogens with zero attached hydrogens (tertiary/aromatic N) is 2. The lowest BCUT2D eigenvalue weighted by Gasteiger charge is -2.15. The Bertz CT molecular complexity index is 782. The quantitative estimate of drug-likeness (QED) is 0.480. The third-order valence-electron chi connectivity index (χ3n) is 3.45. The van der Waals surface area contributed by atoms with E-state index < -0.39 is 0 Å². The number of nitrogens with one attached hydrogen (secondary N) is 1. The van der Waals surface area contributed by atoms with Gasteiger partial charge in [-0.1, -0.05) is 48.0 Å². The summed E-state index contributed by atoms with van der Waals surface area (Å²) in [7, 11) is 0. The maximum atomic E-state index is 12.9. The molecule has 2 rings (SSSR count). The fraction of sp³-hybridized carbons (Fsp3) is 0.286. The van der Waals surface area contributed by atoms with Crippen LogP contribution in [0.25, 0.3) is 0 Å². The number of hydrogen-bond donors (Lipinski definition) is 1. The molecule has 4 heteroatoms. The van der Waals surface area contributed by atoms with Crippen molar-refractivity contribution in [3.8, 4) is 0 Å². The van der Waals surface area contributed by atoms with Gasteiger partial charge >= 0.3 is 0 Å². The molecule has 1 N–H and O–H groups in total. The van der Waals surface area contributed by atoms with Gasteiger partial charge in [-0.05, 0) is 46.8 Å². The minimum atomic E-state index is -0.286. The number of hydrogen-bond acceptors (Lipinski definition) is 4. The molecule has 0 unspecified atom stereocenters. The standard InChI is InChI=1S/C21H25N3O/c1-15-11-13-18(14-12-15)23-24-19(16(2)22-21(3,4)5)20(25)17-9-7-6-8-10-17/h6-14,23H,1-5H3/b22-16?,24-19-. The van der Waals surface area contributed by atoms with Crippen LogP contribution in [0.4, 0.5) is 5.69 Å². The van der Waals surface area contributed by atoms with Crippen molar-refractivity contribution in [2.75, 3.05) is 5.43 Å². The van der Waals surface area contributed by atoms with Crippen LogP contribution >= 0.6 is 0 Å². The first kappa shape index (κ1) is 18.6. The Labute approximate surface area is 149 Å². The first-order valence-corrected chi connectivity index (χ1v) is 8.33. The van der Waals surface area contributed by atoms with E-state index in [0.717, 1.165) is 5.69 Å². The van der Waals surface area contributed by atoms with Crippen molar-refractivity contribution >= 4 is 22.9 Å². The summed E-state index contributed by atoms with van der Waals surface area (Å²) < 4.78 is 0. The van der Waals surface area contributed by atoms with Crippen molar-refractivity contribution in [3.05, 3.63) is 65.7 Å². The van der Waals surface area contributed by atoms with Gasteiger partial charge in [0.15, 0.2) is 5.71 Å². The normalized spacial score (nSPS) is 12.8. The van der Waals surface area contributed by atoms with Crippen LogP contribution in [0.1, 0.15) is 43.6 Å². The number of ketones is 1. The van der Waals surface area contributed by atoms with Gasteiger partial charge in [-0.25, -0.2) is 0 Å². The van der Waals surface area contributed by atoms with Gasteiger partial charge in [0.05, 0.1) is 16.9 Å². The summed E-state index contributed by atoms with van der Waals surface area (Å²) in [5.41, 5.74) is 6.21. The highest BCUT2D eigenvalue weighted by Gasteiger charge is 2.19. The molecule has 25 heavy (non-hydrogen) atoms. The van der Waals surface area contributed by atoms with Crippen molar-refractivity contribution in [2.24, 2.45) is 10.1 Å². The fourth-order valence-corrected chi connectivity index (χ4v) is 2.33. The lowest BCUT2D eigenvalue weighted by Crippen LogP contribution is -2.26. The molecule has 0 radical (unpaired) electrons. The number of aliphatic imine (C=N–C) groups is 1. The lowest BCUT2D eigenvalue weighted by molar-refractivity contribution is 0.106. The summed E-state index contributed by atoms with van der Waals surface area (Å²) in [4.78, 5) is 17.5. The fourth-order valence-electron chi connectivity index (χ4n) is 2.33. The molecule has 0 aliphatic heterocycles. The van der Waals surface area contributed by atoms with Gasteiger partial charge in [0.2, 0.25) is 5.78 Å². The molecule has 0 aromatic heterocycles. The van der Waals surface area contributed by atoms with Crippen LogP contribution in [-0.4, -0.2) is 22.7 Å². The highest BCUT2D eigenvalue weighted by atomic mass is 16.1. The molecule has 0 spiro atoms. The Morgan fingerprint density at radius 1 is 0.960 bits per heavy atom. The zero-order valence-corrected chi connectivity index (χ0v) is 15.5. The van der Waals surface area contributed by atoms with Crippen molar-refractivity contribution in [2.45, 2.75) is 40.2 Å². The van der Waals surface area contributed by atoms with E-state index in [0.29, 0.717) is 17.0 Å². The second kappa shape index (κ2) is 7.88. The molecule has 0 heterocycles. The van der Waals surface area contributed by atoms with E-state index in [1.807, 2.05) is 77.1 Å². The second-order valence-corrected chi connectivity index (χ2v) is 7.00. The zero-order chi connectivity index (χ0) is 18.4. The number of Topliss-reactive ketones (excluding diaryl/α,β-unsaturated/α-hetero) is 1. The van der Waals surface area contributed by atoms with E-state index in [2.05, 4.69) is 15.5 Å². The largest absolute Gasteiger partial charge is 0.287 e. The highest BCUT2D eigenvalue weighted by Crippen LogP contribution is 2.12. The number of carbonyl (C=O) groups excluding carboxylic acids is 1. The summed E-state index contributed by atoms with van der Waals surface area (Å²) in [6.45, 7) is 9.83. The molecule has 2 aromatic carbocycles. The molecule has 0 bridgehead atoms. The van der Waals surface area contributed by atoms with Crippen LogP contribution in [0.15, 0.2) is 64.7 Å². The van der Waals surface area contributed by atoms with Crippen LogP contribution in [-0.2, 0) is 0 Å². The van der Waals surface area contributed by atoms with Crippen molar-refractivity contribution in [3.63, 3.8) is 0 Å². The summed E-state index contributed by atoms with van der Waals surface area (Å²) in [6.07, 6.45) is 0. The molecule has 2 aromatic rings. The molecule has 130 valence electrons. The third-order valence-corrected chi connectivity index (χ3v) is 3.45. The number of rotatable bonds is 5. The minimum Gasteiger partial charge on any atom is -0.287 e. The average Bonchev–Trinajstić information content (AvgIpc) is 2.55. The smallest absolute Gasteiger partial charge is 0.215 e. The van der Waals surface area contributed by atoms with Gasteiger partial charge in [-0.3, -0.25) is 15.2 Å². The van der Waals surface area contributed by atoms with E-state index in [1.165, 1.54) is 5.56 Å². The van der Waals surface area contributed by atoms with E-state index in [4.69, 9.17) is 0 Å². The monoisotopic (exact) mass is 335 g/mol. The van der Waals surface area contributed by atoms with Crippen LogP contribution in [0.3, 0.4) is 0 Å². The maximum Gasteiger partial charge on any atom is 0.215 e. The van der Waals surface area contributed by atoms with Gasteiger partial charge in [-0.2, -0.15) is 5.10 Å². The molecule has 0 fully saturated rings. The maximum absolute atomic E-state index is 12.9. The van der Waals surface area contributed by atoms with Gasteiger partial charge < -0.3 is 0 Å². The number of hydrazone groups is 1. The number of anilines is 1. The van der Waals surface area contributed by atoms with Crippen molar-refractivity contribution in [1.29, 1.82) is 0 Å². The van der Waals surface area contributed by atoms with Crippen LogP contribution in [0.2, 0.25) is 0 Å². The first-order valence-electron chi connectivity index (χ1n) is 8.33. The Morgan fingerprint density at radius 3 is 2.12 bits per heavy atom. The first-order chi connectivity index (χ1) is 11.8. The summed E-state index contributed by atoms with van der Waals surface area (Å²) in [5.74, 6) is -0.147. The summed E-state index contributed by atoms with van der Waals surface area (Å²) >= 11 is 0. The second-order valence-electron chi connectivity index (χ2n) is 7.00. The van der Waals surface area contributed by atoms with Gasteiger partial charge in [0.25, 0.3) is 0 Å². The van der Waals surface area contributed by atoms with Gasteiger partial charge in [0.1, 0.15) is 0 Å². The number of carbonyl (C=O) groups is 1. The topological polar surface area (TPSA) is 53.8 Å². The molecular weight excluding hydrogens is 310 g/mol. The predicted octanol–water partition coefficient (Wildman–Crippen LogP) is 4.91. The van der Waals surface area contributed by atoms with E-state index >= 15 is 0 Å². The molecule has 0 aliphatic carbocycles. The van der Waals surface area contributed by atoms with E-state index in [-0.39, 0.29) is 11.3 Å². The third kappa shape index (κ3) is 5.68. The highest BCUT2D eigenvalue weighted by molar-refractivity contribution is 6.70. The Kier molecular flexibility index (Phi) is 5.86.